The zero-order valence-electron chi connectivity index (χ0n) is 11.4. The first kappa shape index (κ1) is 11.7. The average Bonchev–Trinajstić information content (AvgIpc) is 2.74. The van der Waals surface area contributed by atoms with Crippen LogP contribution in [0.2, 0.25) is 0 Å². The van der Waals surface area contributed by atoms with Crippen molar-refractivity contribution in [3.05, 3.63) is 29.1 Å². The van der Waals surface area contributed by atoms with Gasteiger partial charge < -0.3 is 10.3 Å². The molecule has 2 N–H and O–H groups in total. The standard InChI is InChI=1S/C15H21N3/c1-10-7-12-13(8-11(10)2)18-14(17-12)15(3)5-4-6-16-9-15/h7-8,16H,4-6,9H2,1-3H3,(H,17,18). The smallest absolute Gasteiger partial charge is 0.114 e. The van der Waals surface area contributed by atoms with Crippen molar-refractivity contribution in [2.24, 2.45) is 0 Å². The number of aromatic nitrogens is 2. The number of H-pyrrole nitrogens is 1. The Morgan fingerprint density at radius 2 is 2.00 bits per heavy atom. The number of rotatable bonds is 1. The molecule has 0 aliphatic carbocycles. The number of hydrogen-bond acceptors (Lipinski definition) is 2. The van der Waals surface area contributed by atoms with Gasteiger partial charge in [-0.05, 0) is 56.5 Å². The lowest BCUT2D eigenvalue weighted by molar-refractivity contribution is 0.326. The Hall–Kier alpha value is -1.35. The third-order valence-corrected chi connectivity index (χ3v) is 4.27. The first-order chi connectivity index (χ1) is 8.58. The fourth-order valence-corrected chi connectivity index (χ4v) is 2.81. The fraction of sp³-hybridized carbons (Fsp3) is 0.533. The summed E-state index contributed by atoms with van der Waals surface area (Å²) in [6, 6.07) is 4.39. The van der Waals surface area contributed by atoms with Crippen LogP contribution in [-0.4, -0.2) is 23.1 Å². The van der Waals surface area contributed by atoms with E-state index in [0.717, 1.165) is 24.4 Å². The number of nitrogens with zero attached hydrogens (tertiary/aromatic N) is 1. The average molecular weight is 243 g/mol. The second kappa shape index (κ2) is 4.09. The molecule has 3 heteroatoms. The molecule has 1 aliphatic heterocycles. The lowest BCUT2D eigenvalue weighted by Gasteiger charge is -2.32. The van der Waals surface area contributed by atoms with E-state index in [2.05, 4.69) is 43.2 Å². The Kier molecular flexibility index (Phi) is 2.67. The molecule has 1 unspecified atom stereocenters. The number of aryl methyl sites for hydroxylation is 2. The summed E-state index contributed by atoms with van der Waals surface area (Å²) < 4.78 is 0. The molecule has 0 saturated carbocycles. The summed E-state index contributed by atoms with van der Waals surface area (Å²) >= 11 is 0. The maximum absolute atomic E-state index is 4.81. The van der Waals surface area contributed by atoms with E-state index in [9.17, 15) is 0 Å². The van der Waals surface area contributed by atoms with Gasteiger partial charge in [0.15, 0.2) is 0 Å². The molecule has 3 nitrogen and oxygen atoms in total. The van der Waals surface area contributed by atoms with Gasteiger partial charge in [0, 0.05) is 12.0 Å². The molecule has 2 heterocycles. The molecule has 0 amide bonds. The summed E-state index contributed by atoms with van der Waals surface area (Å²) in [5.74, 6) is 1.13. The zero-order valence-corrected chi connectivity index (χ0v) is 11.4. The minimum Gasteiger partial charge on any atom is -0.341 e. The molecule has 1 aromatic carbocycles. The van der Waals surface area contributed by atoms with Crippen LogP contribution in [0.15, 0.2) is 12.1 Å². The lowest BCUT2D eigenvalue weighted by Crippen LogP contribution is -2.41. The van der Waals surface area contributed by atoms with E-state index in [1.54, 1.807) is 0 Å². The molecule has 1 saturated heterocycles. The van der Waals surface area contributed by atoms with Crippen LogP contribution in [0.25, 0.3) is 11.0 Å². The van der Waals surface area contributed by atoms with Crippen LogP contribution in [0, 0.1) is 13.8 Å². The van der Waals surface area contributed by atoms with Gasteiger partial charge in [-0.3, -0.25) is 0 Å². The maximum atomic E-state index is 4.81. The molecule has 0 bridgehead atoms. The normalized spacial score (nSPS) is 24.6. The van der Waals surface area contributed by atoms with E-state index in [4.69, 9.17) is 4.98 Å². The van der Waals surface area contributed by atoms with Gasteiger partial charge in [-0.25, -0.2) is 4.98 Å². The van der Waals surface area contributed by atoms with Crippen molar-refractivity contribution in [1.29, 1.82) is 0 Å². The highest BCUT2D eigenvalue weighted by Gasteiger charge is 2.31. The van der Waals surface area contributed by atoms with Crippen molar-refractivity contribution in [3.63, 3.8) is 0 Å². The molecular weight excluding hydrogens is 222 g/mol. The van der Waals surface area contributed by atoms with E-state index in [-0.39, 0.29) is 5.41 Å². The third-order valence-electron chi connectivity index (χ3n) is 4.27. The topological polar surface area (TPSA) is 40.7 Å². The fourth-order valence-electron chi connectivity index (χ4n) is 2.81. The minimum absolute atomic E-state index is 0.152. The van der Waals surface area contributed by atoms with Crippen LogP contribution in [0.1, 0.15) is 36.7 Å². The van der Waals surface area contributed by atoms with Crippen LogP contribution in [0.3, 0.4) is 0 Å². The quantitative estimate of drug-likeness (QED) is 0.808. The largest absolute Gasteiger partial charge is 0.341 e. The number of benzene rings is 1. The van der Waals surface area contributed by atoms with Crippen molar-refractivity contribution < 1.29 is 0 Å². The van der Waals surface area contributed by atoms with Crippen molar-refractivity contribution >= 4 is 11.0 Å². The van der Waals surface area contributed by atoms with Gasteiger partial charge in [0.05, 0.1) is 11.0 Å². The number of fused-ring (bicyclic) bond motifs is 1. The lowest BCUT2D eigenvalue weighted by atomic mass is 9.82. The summed E-state index contributed by atoms with van der Waals surface area (Å²) in [6.07, 6.45) is 2.43. The van der Waals surface area contributed by atoms with Crippen LogP contribution in [0.5, 0.6) is 0 Å². The highest BCUT2D eigenvalue weighted by atomic mass is 15.0. The van der Waals surface area contributed by atoms with Gasteiger partial charge in [-0.15, -0.1) is 0 Å². The molecule has 3 rings (SSSR count). The van der Waals surface area contributed by atoms with Crippen molar-refractivity contribution in [1.82, 2.24) is 15.3 Å². The van der Waals surface area contributed by atoms with Crippen molar-refractivity contribution in [3.8, 4) is 0 Å². The molecular formula is C15H21N3. The Morgan fingerprint density at radius 1 is 1.22 bits per heavy atom. The molecule has 18 heavy (non-hydrogen) atoms. The van der Waals surface area contributed by atoms with Gasteiger partial charge in [-0.1, -0.05) is 6.92 Å². The molecule has 2 aromatic rings. The Bertz CT molecular complexity index is 538. The highest BCUT2D eigenvalue weighted by Crippen LogP contribution is 2.30. The van der Waals surface area contributed by atoms with Gasteiger partial charge in [0.25, 0.3) is 0 Å². The predicted octanol–water partition coefficient (Wildman–Crippen LogP) is 2.82. The predicted molar refractivity (Wildman–Crippen MR) is 75.0 cm³/mol. The van der Waals surface area contributed by atoms with Crippen molar-refractivity contribution in [2.75, 3.05) is 13.1 Å². The van der Waals surface area contributed by atoms with Gasteiger partial charge in [-0.2, -0.15) is 0 Å². The molecule has 0 spiro atoms. The van der Waals surface area contributed by atoms with Crippen LogP contribution >= 0.6 is 0 Å². The SMILES string of the molecule is Cc1cc2nc(C3(C)CCCNC3)[nH]c2cc1C. The van der Waals surface area contributed by atoms with Gasteiger partial charge in [0.1, 0.15) is 5.82 Å². The summed E-state index contributed by atoms with van der Waals surface area (Å²) in [4.78, 5) is 8.34. The Labute approximate surface area is 108 Å². The zero-order chi connectivity index (χ0) is 12.8. The summed E-state index contributed by atoms with van der Waals surface area (Å²) in [7, 11) is 0. The third kappa shape index (κ3) is 1.83. The number of hydrogen-bond donors (Lipinski definition) is 2. The number of aromatic amines is 1. The van der Waals surface area contributed by atoms with Crippen LogP contribution < -0.4 is 5.32 Å². The first-order valence-electron chi connectivity index (χ1n) is 6.77. The van der Waals surface area contributed by atoms with Gasteiger partial charge in [0.2, 0.25) is 0 Å². The summed E-state index contributed by atoms with van der Waals surface area (Å²) in [5, 5.41) is 3.48. The van der Waals surface area contributed by atoms with E-state index in [0.29, 0.717) is 0 Å². The molecule has 1 aliphatic rings. The molecule has 0 radical (unpaired) electrons. The van der Waals surface area contributed by atoms with E-state index in [1.165, 1.54) is 29.5 Å². The van der Waals surface area contributed by atoms with E-state index >= 15 is 0 Å². The van der Waals surface area contributed by atoms with E-state index in [1.807, 2.05) is 0 Å². The molecule has 1 aromatic heterocycles. The summed E-state index contributed by atoms with van der Waals surface area (Å²) in [6.45, 7) is 8.75. The minimum atomic E-state index is 0.152. The van der Waals surface area contributed by atoms with Crippen LogP contribution in [0.4, 0.5) is 0 Å². The Balaban J connectivity index is 2.07. The molecule has 96 valence electrons. The van der Waals surface area contributed by atoms with Gasteiger partial charge >= 0.3 is 0 Å². The number of nitrogens with one attached hydrogen (secondary N) is 2. The maximum Gasteiger partial charge on any atom is 0.114 e. The Morgan fingerprint density at radius 3 is 2.72 bits per heavy atom. The second-order valence-corrected chi connectivity index (χ2v) is 5.88. The first-order valence-corrected chi connectivity index (χ1v) is 6.77. The van der Waals surface area contributed by atoms with E-state index < -0.39 is 0 Å². The monoisotopic (exact) mass is 243 g/mol. The number of piperidine rings is 1. The second-order valence-electron chi connectivity index (χ2n) is 5.88. The van der Waals surface area contributed by atoms with Crippen molar-refractivity contribution in [2.45, 2.75) is 39.0 Å². The highest BCUT2D eigenvalue weighted by molar-refractivity contribution is 5.77. The number of imidazole rings is 1. The van der Waals surface area contributed by atoms with Crippen LogP contribution in [-0.2, 0) is 5.41 Å². The summed E-state index contributed by atoms with van der Waals surface area (Å²) in [5.41, 5.74) is 5.05. The molecule has 1 atom stereocenters. The molecule has 1 fully saturated rings.